The van der Waals surface area contributed by atoms with Crippen LogP contribution in [-0.4, -0.2) is 39.0 Å². The second kappa shape index (κ2) is 6.22. The van der Waals surface area contributed by atoms with Crippen LogP contribution in [-0.2, 0) is 10.0 Å². The zero-order valence-corrected chi connectivity index (χ0v) is 14.4. The van der Waals surface area contributed by atoms with Crippen molar-refractivity contribution in [2.45, 2.75) is 37.6 Å². The van der Waals surface area contributed by atoms with Gasteiger partial charge in [0, 0.05) is 17.5 Å². The maximum absolute atomic E-state index is 12.2. The van der Waals surface area contributed by atoms with Crippen molar-refractivity contribution in [2.75, 3.05) is 19.6 Å². The van der Waals surface area contributed by atoms with Crippen LogP contribution in [0.3, 0.4) is 0 Å². The summed E-state index contributed by atoms with van der Waals surface area (Å²) in [7, 11) is -3.39. The Labute approximate surface area is 127 Å². The molecule has 0 amide bonds. The van der Waals surface area contributed by atoms with Gasteiger partial charge in [-0.25, -0.2) is 13.1 Å². The van der Waals surface area contributed by atoms with Crippen LogP contribution in [0.2, 0.25) is 0 Å². The second-order valence-corrected chi connectivity index (χ2v) is 9.29. The molecule has 19 heavy (non-hydrogen) atoms. The quantitative estimate of drug-likeness (QED) is 0.870. The first-order valence-corrected chi connectivity index (χ1v) is 9.49. The Morgan fingerprint density at radius 3 is 2.63 bits per heavy atom. The fraction of sp³-hybridized carbons (Fsp3) is 0.667. The summed E-state index contributed by atoms with van der Waals surface area (Å²) < 4.78 is 28.1. The lowest BCUT2D eigenvalue weighted by atomic mass is 10.3. The summed E-state index contributed by atoms with van der Waals surface area (Å²) in [5.74, 6) is 0. The molecule has 1 aliphatic rings. The highest BCUT2D eigenvalue weighted by Gasteiger charge is 2.23. The Morgan fingerprint density at radius 1 is 1.47 bits per heavy atom. The van der Waals surface area contributed by atoms with Gasteiger partial charge in [0.2, 0.25) is 10.0 Å². The third-order valence-corrected chi connectivity index (χ3v) is 6.70. The molecule has 1 aliphatic heterocycles. The minimum atomic E-state index is -3.39. The smallest absolute Gasteiger partial charge is 0.241 e. The van der Waals surface area contributed by atoms with Crippen LogP contribution >= 0.6 is 27.3 Å². The number of nitrogens with one attached hydrogen (secondary N) is 1. The van der Waals surface area contributed by atoms with E-state index in [-0.39, 0.29) is 6.04 Å². The Balaban J connectivity index is 1.99. The van der Waals surface area contributed by atoms with Crippen molar-refractivity contribution in [3.63, 3.8) is 0 Å². The maximum atomic E-state index is 12.2. The van der Waals surface area contributed by atoms with Gasteiger partial charge in [-0.3, -0.25) is 4.90 Å². The second-order valence-electron chi connectivity index (χ2n) is 4.91. The van der Waals surface area contributed by atoms with Crippen molar-refractivity contribution >= 4 is 37.3 Å². The predicted molar refractivity (Wildman–Crippen MR) is 82.2 cm³/mol. The van der Waals surface area contributed by atoms with Crippen molar-refractivity contribution in [1.82, 2.24) is 9.62 Å². The fourth-order valence-corrected chi connectivity index (χ4v) is 5.85. The van der Waals surface area contributed by atoms with Gasteiger partial charge in [-0.15, -0.1) is 11.3 Å². The molecular weight excluding hydrogens is 348 g/mol. The Kier molecular flexibility index (Phi) is 5.05. The van der Waals surface area contributed by atoms with Crippen LogP contribution in [0.15, 0.2) is 14.7 Å². The number of nitrogens with zero attached hydrogens (tertiary/aromatic N) is 1. The average molecular weight is 367 g/mol. The molecule has 0 bridgehead atoms. The molecular formula is C12H19BrN2O2S2. The van der Waals surface area contributed by atoms with Gasteiger partial charge in [0.15, 0.2) is 0 Å². The summed E-state index contributed by atoms with van der Waals surface area (Å²) in [6.07, 6.45) is 2.43. The first-order chi connectivity index (χ1) is 8.90. The zero-order chi connectivity index (χ0) is 14.0. The zero-order valence-electron chi connectivity index (χ0n) is 11.1. The molecule has 1 fully saturated rings. The van der Waals surface area contributed by atoms with Gasteiger partial charge >= 0.3 is 0 Å². The van der Waals surface area contributed by atoms with Crippen LogP contribution in [0.25, 0.3) is 0 Å². The van der Waals surface area contributed by atoms with Gasteiger partial charge in [0.05, 0.1) is 8.68 Å². The lowest BCUT2D eigenvalue weighted by molar-refractivity contribution is 0.260. The molecule has 0 spiro atoms. The van der Waals surface area contributed by atoms with Crippen LogP contribution in [0.1, 0.15) is 24.6 Å². The molecule has 2 heterocycles. The van der Waals surface area contributed by atoms with Gasteiger partial charge in [-0.05, 0) is 61.8 Å². The molecule has 1 aromatic heterocycles. The van der Waals surface area contributed by atoms with E-state index in [9.17, 15) is 8.42 Å². The summed E-state index contributed by atoms with van der Waals surface area (Å²) in [4.78, 5) is 3.53. The molecule has 108 valence electrons. The van der Waals surface area contributed by atoms with E-state index in [0.29, 0.717) is 11.4 Å². The highest BCUT2D eigenvalue weighted by Crippen LogP contribution is 2.29. The molecule has 0 aliphatic carbocycles. The van der Waals surface area contributed by atoms with Crippen molar-refractivity contribution in [2.24, 2.45) is 0 Å². The van der Waals surface area contributed by atoms with Crippen molar-refractivity contribution in [1.29, 1.82) is 0 Å². The molecule has 1 unspecified atom stereocenters. The fourth-order valence-electron chi connectivity index (χ4n) is 2.32. The van der Waals surface area contributed by atoms with E-state index in [1.54, 1.807) is 6.07 Å². The van der Waals surface area contributed by atoms with E-state index >= 15 is 0 Å². The van der Waals surface area contributed by atoms with Gasteiger partial charge in [-0.1, -0.05) is 0 Å². The molecule has 0 saturated carbocycles. The third-order valence-electron chi connectivity index (χ3n) is 3.46. The number of rotatable bonds is 5. The minimum Gasteiger partial charge on any atom is -0.299 e. The molecule has 1 saturated heterocycles. The van der Waals surface area contributed by atoms with Crippen molar-refractivity contribution in [3.8, 4) is 0 Å². The molecule has 1 aromatic rings. The molecule has 0 aromatic carbocycles. The number of thiophene rings is 1. The van der Waals surface area contributed by atoms with E-state index in [2.05, 4.69) is 32.5 Å². The summed E-state index contributed by atoms with van der Waals surface area (Å²) in [6.45, 7) is 6.52. The lowest BCUT2D eigenvalue weighted by Gasteiger charge is -2.23. The van der Waals surface area contributed by atoms with Crippen LogP contribution in [0, 0.1) is 6.92 Å². The Bertz CT molecular complexity index is 536. The number of aryl methyl sites for hydroxylation is 1. The molecule has 1 atom stereocenters. The standard InChI is InChI=1S/C12H19BrN2O2S2/c1-9(15-5-3-4-6-15)8-14-19(16,17)11-7-12(13)18-10(11)2/h7,9,14H,3-6,8H2,1-2H3. The number of hydrogen-bond acceptors (Lipinski definition) is 4. The normalized spacial score (nSPS) is 18.9. The molecule has 0 radical (unpaired) electrons. The summed E-state index contributed by atoms with van der Waals surface area (Å²) >= 11 is 4.77. The number of sulfonamides is 1. The SMILES string of the molecule is Cc1sc(Br)cc1S(=O)(=O)NCC(C)N1CCCC1. The summed E-state index contributed by atoms with van der Waals surface area (Å²) in [6, 6.07) is 1.92. The van der Waals surface area contributed by atoms with Gasteiger partial charge in [0.1, 0.15) is 0 Å². The topological polar surface area (TPSA) is 49.4 Å². The van der Waals surface area contributed by atoms with E-state index in [1.165, 1.54) is 24.2 Å². The molecule has 2 rings (SSSR count). The average Bonchev–Trinajstić information content (AvgIpc) is 2.96. The first kappa shape index (κ1) is 15.4. The molecule has 1 N–H and O–H groups in total. The summed E-state index contributed by atoms with van der Waals surface area (Å²) in [5, 5.41) is 0. The largest absolute Gasteiger partial charge is 0.299 e. The van der Waals surface area contributed by atoms with Gasteiger partial charge in [0.25, 0.3) is 0 Å². The van der Waals surface area contributed by atoms with E-state index < -0.39 is 10.0 Å². The Hall–Kier alpha value is 0.0500. The highest BCUT2D eigenvalue weighted by molar-refractivity contribution is 9.11. The number of hydrogen-bond donors (Lipinski definition) is 1. The highest BCUT2D eigenvalue weighted by atomic mass is 79.9. The van der Waals surface area contributed by atoms with E-state index in [0.717, 1.165) is 21.8 Å². The van der Waals surface area contributed by atoms with Crippen LogP contribution < -0.4 is 4.72 Å². The predicted octanol–water partition coefficient (Wildman–Crippen LogP) is 2.58. The third kappa shape index (κ3) is 3.78. The number of likely N-dealkylation sites (tertiary alicyclic amines) is 1. The molecule has 4 nitrogen and oxygen atoms in total. The summed E-state index contributed by atoms with van der Waals surface area (Å²) in [5.41, 5.74) is 0. The van der Waals surface area contributed by atoms with Crippen molar-refractivity contribution < 1.29 is 8.42 Å². The monoisotopic (exact) mass is 366 g/mol. The minimum absolute atomic E-state index is 0.250. The number of halogens is 1. The lowest BCUT2D eigenvalue weighted by Crippen LogP contribution is -2.40. The maximum Gasteiger partial charge on any atom is 0.241 e. The molecule has 7 heteroatoms. The first-order valence-electron chi connectivity index (χ1n) is 6.40. The van der Waals surface area contributed by atoms with Crippen LogP contribution in [0.4, 0.5) is 0 Å². The van der Waals surface area contributed by atoms with E-state index in [1.807, 2.05) is 6.92 Å². The van der Waals surface area contributed by atoms with Gasteiger partial charge < -0.3 is 0 Å². The van der Waals surface area contributed by atoms with E-state index in [4.69, 9.17) is 0 Å². The van der Waals surface area contributed by atoms with Gasteiger partial charge in [-0.2, -0.15) is 0 Å². The van der Waals surface area contributed by atoms with Crippen LogP contribution in [0.5, 0.6) is 0 Å². The van der Waals surface area contributed by atoms with Crippen molar-refractivity contribution in [3.05, 3.63) is 14.7 Å². The Morgan fingerprint density at radius 2 is 2.11 bits per heavy atom.